The van der Waals surface area contributed by atoms with Crippen LogP contribution in [0.4, 0.5) is 0 Å². The normalized spacial score (nSPS) is 17.1. The highest BCUT2D eigenvalue weighted by Gasteiger charge is 2.22. The van der Waals surface area contributed by atoms with E-state index >= 15 is 0 Å². The Bertz CT molecular complexity index is 357. The van der Waals surface area contributed by atoms with Gasteiger partial charge in [0.2, 0.25) is 5.91 Å². The Morgan fingerprint density at radius 2 is 2.22 bits per heavy atom. The molecule has 2 heterocycles. The average Bonchev–Trinajstić information content (AvgIpc) is 3.05. The Morgan fingerprint density at radius 1 is 1.44 bits per heavy atom. The van der Waals surface area contributed by atoms with E-state index in [4.69, 9.17) is 0 Å². The largest absolute Gasteiger partial charge is 0.341 e. The number of hydrogen-bond acceptors (Lipinski definition) is 3. The molecular formula is C13H22N4O. The lowest BCUT2D eigenvalue weighted by molar-refractivity contribution is -0.131. The first-order chi connectivity index (χ1) is 8.77. The fourth-order valence-corrected chi connectivity index (χ4v) is 2.29. The summed E-state index contributed by atoms with van der Waals surface area (Å²) in [5, 5.41) is 7.43. The molecule has 0 radical (unpaired) electrons. The van der Waals surface area contributed by atoms with Crippen molar-refractivity contribution >= 4 is 5.91 Å². The second kappa shape index (κ2) is 6.54. The molecule has 1 aromatic rings. The van der Waals surface area contributed by atoms with E-state index in [-0.39, 0.29) is 11.9 Å². The van der Waals surface area contributed by atoms with Crippen LogP contribution in [0.3, 0.4) is 0 Å². The van der Waals surface area contributed by atoms with Crippen LogP contribution in [-0.4, -0.2) is 46.3 Å². The number of carbonyl (C=O) groups excluding carboxylic acids is 1. The van der Waals surface area contributed by atoms with Gasteiger partial charge in [-0.05, 0) is 38.8 Å². The van der Waals surface area contributed by atoms with Gasteiger partial charge in [-0.1, -0.05) is 0 Å². The Kier molecular flexibility index (Phi) is 4.75. The maximum Gasteiger partial charge on any atom is 0.239 e. The Labute approximate surface area is 108 Å². The van der Waals surface area contributed by atoms with Crippen LogP contribution in [0.25, 0.3) is 0 Å². The molecule has 5 heteroatoms. The van der Waals surface area contributed by atoms with Gasteiger partial charge in [0.05, 0.1) is 6.04 Å². The summed E-state index contributed by atoms with van der Waals surface area (Å²) >= 11 is 0. The molecule has 1 N–H and O–H groups in total. The summed E-state index contributed by atoms with van der Waals surface area (Å²) in [6.07, 6.45) is 7.03. The molecule has 1 aliphatic rings. The molecule has 1 amide bonds. The fraction of sp³-hybridized carbons (Fsp3) is 0.692. The third-order valence-electron chi connectivity index (χ3n) is 3.36. The standard InChI is InChI=1S/C13H22N4O/c1-12(13(18)16-8-2-3-9-16)14-6-4-10-17-11-5-7-15-17/h5,7,11-12,14H,2-4,6,8-10H2,1H3. The van der Waals surface area contributed by atoms with Crippen LogP contribution in [0.2, 0.25) is 0 Å². The lowest BCUT2D eigenvalue weighted by Crippen LogP contribution is -2.44. The molecule has 0 aliphatic carbocycles. The minimum Gasteiger partial charge on any atom is -0.341 e. The number of rotatable bonds is 6. The zero-order chi connectivity index (χ0) is 12.8. The summed E-state index contributed by atoms with van der Waals surface area (Å²) in [6.45, 7) is 5.55. The molecule has 1 aliphatic heterocycles. The summed E-state index contributed by atoms with van der Waals surface area (Å²) in [4.78, 5) is 14.0. The zero-order valence-corrected chi connectivity index (χ0v) is 11.0. The van der Waals surface area contributed by atoms with Gasteiger partial charge in [0.15, 0.2) is 0 Å². The van der Waals surface area contributed by atoms with E-state index in [0.717, 1.165) is 45.4 Å². The van der Waals surface area contributed by atoms with E-state index in [1.54, 1.807) is 6.20 Å². The number of nitrogens with one attached hydrogen (secondary N) is 1. The number of likely N-dealkylation sites (tertiary alicyclic amines) is 1. The molecule has 1 atom stereocenters. The number of aromatic nitrogens is 2. The smallest absolute Gasteiger partial charge is 0.239 e. The number of carbonyl (C=O) groups is 1. The van der Waals surface area contributed by atoms with Crippen molar-refractivity contribution < 1.29 is 4.79 Å². The van der Waals surface area contributed by atoms with Crippen LogP contribution >= 0.6 is 0 Å². The molecule has 1 fully saturated rings. The number of nitrogens with zero attached hydrogens (tertiary/aromatic N) is 3. The van der Waals surface area contributed by atoms with E-state index in [9.17, 15) is 4.79 Å². The van der Waals surface area contributed by atoms with E-state index in [2.05, 4.69) is 10.4 Å². The SMILES string of the molecule is CC(NCCCn1cccn1)C(=O)N1CCCC1. The molecule has 0 bridgehead atoms. The summed E-state index contributed by atoms with van der Waals surface area (Å²) < 4.78 is 1.91. The van der Waals surface area contributed by atoms with Gasteiger partial charge >= 0.3 is 0 Å². The summed E-state index contributed by atoms with van der Waals surface area (Å²) in [7, 11) is 0. The first kappa shape index (κ1) is 13.1. The summed E-state index contributed by atoms with van der Waals surface area (Å²) in [5.41, 5.74) is 0. The van der Waals surface area contributed by atoms with Gasteiger partial charge in [-0.3, -0.25) is 9.48 Å². The highest BCUT2D eigenvalue weighted by molar-refractivity contribution is 5.81. The molecule has 18 heavy (non-hydrogen) atoms. The maximum atomic E-state index is 12.0. The maximum absolute atomic E-state index is 12.0. The first-order valence-electron chi connectivity index (χ1n) is 6.77. The topological polar surface area (TPSA) is 50.2 Å². The van der Waals surface area contributed by atoms with E-state index in [1.165, 1.54) is 0 Å². The molecule has 5 nitrogen and oxygen atoms in total. The lowest BCUT2D eigenvalue weighted by atomic mass is 10.2. The molecule has 0 aromatic carbocycles. The van der Waals surface area contributed by atoms with Crippen molar-refractivity contribution in [3.8, 4) is 0 Å². The number of amides is 1. The minimum absolute atomic E-state index is 0.0688. The fourth-order valence-electron chi connectivity index (χ4n) is 2.29. The van der Waals surface area contributed by atoms with Crippen molar-refractivity contribution in [3.63, 3.8) is 0 Å². The number of aryl methyl sites for hydroxylation is 1. The predicted molar refractivity (Wildman–Crippen MR) is 70.1 cm³/mol. The van der Waals surface area contributed by atoms with Crippen LogP contribution in [-0.2, 0) is 11.3 Å². The Balaban J connectivity index is 1.62. The minimum atomic E-state index is -0.0688. The molecule has 0 saturated carbocycles. The molecule has 0 spiro atoms. The van der Waals surface area contributed by atoms with Crippen molar-refractivity contribution in [1.29, 1.82) is 0 Å². The molecule has 100 valence electrons. The third kappa shape index (κ3) is 3.57. The average molecular weight is 250 g/mol. The van der Waals surface area contributed by atoms with Crippen LogP contribution in [0.15, 0.2) is 18.5 Å². The quantitative estimate of drug-likeness (QED) is 0.762. The van der Waals surface area contributed by atoms with Gasteiger partial charge in [-0.25, -0.2) is 0 Å². The van der Waals surface area contributed by atoms with Crippen molar-refractivity contribution in [2.75, 3.05) is 19.6 Å². The van der Waals surface area contributed by atoms with Crippen LogP contribution < -0.4 is 5.32 Å². The third-order valence-corrected chi connectivity index (χ3v) is 3.36. The first-order valence-corrected chi connectivity index (χ1v) is 6.77. The molecule has 2 rings (SSSR count). The second-order valence-electron chi connectivity index (χ2n) is 4.83. The van der Waals surface area contributed by atoms with Crippen molar-refractivity contribution in [1.82, 2.24) is 20.0 Å². The van der Waals surface area contributed by atoms with Crippen LogP contribution in [0.1, 0.15) is 26.2 Å². The van der Waals surface area contributed by atoms with E-state index in [0.29, 0.717) is 0 Å². The lowest BCUT2D eigenvalue weighted by Gasteiger charge is -2.21. The van der Waals surface area contributed by atoms with Crippen LogP contribution in [0, 0.1) is 0 Å². The van der Waals surface area contributed by atoms with Gasteiger partial charge in [-0.2, -0.15) is 5.10 Å². The Morgan fingerprint density at radius 3 is 2.89 bits per heavy atom. The highest BCUT2D eigenvalue weighted by atomic mass is 16.2. The highest BCUT2D eigenvalue weighted by Crippen LogP contribution is 2.08. The van der Waals surface area contributed by atoms with E-state index < -0.39 is 0 Å². The monoisotopic (exact) mass is 250 g/mol. The molecule has 1 unspecified atom stereocenters. The van der Waals surface area contributed by atoms with E-state index in [1.807, 2.05) is 28.8 Å². The van der Waals surface area contributed by atoms with Gasteiger partial charge in [0.25, 0.3) is 0 Å². The predicted octanol–water partition coefficient (Wildman–Crippen LogP) is 0.874. The van der Waals surface area contributed by atoms with Crippen molar-refractivity contribution in [3.05, 3.63) is 18.5 Å². The van der Waals surface area contributed by atoms with Gasteiger partial charge in [0, 0.05) is 32.0 Å². The summed E-state index contributed by atoms with van der Waals surface area (Å²) in [5.74, 6) is 0.242. The zero-order valence-electron chi connectivity index (χ0n) is 11.0. The van der Waals surface area contributed by atoms with Crippen molar-refractivity contribution in [2.24, 2.45) is 0 Å². The van der Waals surface area contributed by atoms with Crippen molar-refractivity contribution in [2.45, 2.75) is 38.8 Å². The van der Waals surface area contributed by atoms with Gasteiger partial charge in [-0.15, -0.1) is 0 Å². The van der Waals surface area contributed by atoms with Crippen LogP contribution in [0.5, 0.6) is 0 Å². The molecule has 1 saturated heterocycles. The van der Waals surface area contributed by atoms with Gasteiger partial charge < -0.3 is 10.2 Å². The summed E-state index contributed by atoms with van der Waals surface area (Å²) in [6, 6.07) is 1.85. The Hall–Kier alpha value is -1.36. The van der Waals surface area contributed by atoms with Gasteiger partial charge in [0.1, 0.15) is 0 Å². The molecule has 1 aromatic heterocycles. The second-order valence-corrected chi connectivity index (χ2v) is 4.83. The number of hydrogen-bond donors (Lipinski definition) is 1. The molecular weight excluding hydrogens is 228 g/mol.